The van der Waals surface area contributed by atoms with E-state index in [4.69, 9.17) is 14.2 Å². The van der Waals surface area contributed by atoms with Crippen molar-refractivity contribution in [2.75, 3.05) is 6.54 Å². The van der Waals surface area contributed by atoms with Gasteiger partial charge < -0.3 is 19.5 Å². The van der Waals surface area contributed by atoms with Crippen molar-refractivity contribution >= 4 is 11.9 Å². The molecule has 3 atom stereocenters. The second kappa shape index (κ2) is 12.8. The maximum Gasteiger partial charge on any atom is 0.330 e. The Morgan fingerprint density at radius 3 is 2.48 bits per heavy atom. The zero-order chi connectivity index (χ0) is 28.8. The zero-order valence-electron chi connectivity index (χ0n) is 23.2. The van der Waals surface area contributed by atoms with Gasteiger partial charge in [0, 0.05) is 31.6 Å². The molecule has 40 heavy (non-hydrogen) atoms. The van der Waals surface area contributed by atoms with Gasteiger partial charge in [-0.2, -0.15) is 0 Å². The normalized spacial score (nSPS) is 18.4. The predicted molar refractivity (Wildman–Crippen MR) is 148 cm³/mol. The van der Waals surface area contributed by atoms with Gasteiger partial charge in [-0.15, -0.1) is 0 Å². The number of rotatable bonds is 10. The third kappa shape index (κ3) is 7.06. The number of aromatic nitrogens is 2. The Hall–Kier alpha value is -4.18. The Labute approximate surface area is 232 Å². The third-order valence-corrected chi connectivity index (χ3v) is 6.99. The van der Waals surface area contributed by atoms with E-state index >= 15 is 0 Å². The molecule has 4 rings (SSSR count). The Bertz CT molecular complexity index is 1460. The molecule has 0 radical (unpaired) electrons. The van der Waals surface area contributed by atoms with Crippen molar-refractivity contribution in [3.63, 3.8) is 0 Å². The van der Waals surface area contributed by atoms with Crippen LogP contribution in [0.25, 0.3) is 0 Å². The number of benzene rings is 2. The summed E-state index contributed by atoms with van der Waals surface area (Å²) in [5.41, 5.74) is 3.24. The number of aromatic amines is 1. The van der Waals surface area contributed by atoms with Crippen LogP contribution in [0, 0.1) is 13.8 Å². The summed E-state index contributed by atoms with van der Waals surface area (Å²) in [6, 6.07) is 13.7. The summed E-state index contributed by atoms with van der Waals surface area (Å²) in [6.45, 7) is 7.53. The molecule has 0 bridgehead atoms. The molecule has 2 heterocycles. The van der Waals surface area contributed by atoms with Gasteiger partial charge in [0.15, 0.2) is 0 Å². The first-order valence-corrected chi connectivity index (χ1v) is 13.3. The molecule has 0 aliphatic carbocycles. The number of aryl methyl sites for hydroxylation is 3. The van der Waals surface area contributed by atoms with Gasteiger partial charge in [-0.3, -0.25) is 23.9 Å². The molecule has 2 N–H and O–H groups in total. The number of hydrogen-bond donors (Lipinski definition) is 2. The van der Waals surface area contributed by atoms with Crippen LogP contribution in [0.3, 0.4) is 0 Å². The van der Waals surface area contributed by atoms with Gasteiger partial charge in [0.1, 0.15) is 30.8 Å². The van der Waals surface area contributed by atoms with Crippen LogP contribution >= 0.6 is 0 Å². The van der Waals surface area contributed by atoms with Gasteiger partial charge in [-0.1, -0.05) is 37.3 Å². The van der Waals surface area contributed by atoms with Crippen LogP contribution in [0.4, 0.5) is 0 Å². The summed E-state index contributed by atoms with van der Waals surface area (Å²) >= 11 is 0. The van der Waals surface area contributed by atoms with Gasteiger partial charge in [-0.25, -0.2) is 4.79 Å². The monoisotopic (exact) mass is 549 g/mol. The number of nitrogens with one attached hydrogen (secondary N) is 2. The quantitative estimate of drug-likeness (QED) is 0.372. The second-order valence-electron chi connectivity index (χ2n) is 9.98. The van der Waals surface area contributed by atoms with E-state index in [1.807, 2.05) is 63.2 Å². The SMILES string of the molecule is CCc1cn([C@H]2C[C@H](OC(C)=O)[C@@H](CNC(=O)Cc3c(C)cc(OCc4ccccc4)cc3C)O2)c(=O)[nH]c1=O. The van der Waals surface area contributed by atoms with Crippen molar-refractivity contribution in [1.82, 2.24) is 14.9 Å². The van der Waals surface area contributed by atoms with Crippen LogP contribution in [0.1, 0.15) is 54.3 Å². The molecular weight excluding hydrogens is 514 g/mol. The lowest BCUT2D eigenvalue weighted by Crippen LogP contribution is -2.39. The van der Waals surface area contributed by atoms with E-state index in [2.05, 4.69) is 10.3 Å². The van der Waals surface area contributed by atoms with Gasteiger partial charge in [-0.05, 0) is 54.7 Å². The first-order chi connectivity index (χ1) is 19.1. The van der Waals surface area contributed by atoms with Gasteiger partial charge in [0.2, 0.25) is 5.91 Å². The van der Waals surface area contributed by atoms with Crippen molar-refractivity contribution in [3.05, 3.63) is 97.3 Å². The highest BCUT2D eigenvalue weighted by Gasteiger charge is 2.39. The maximum atomic E-state index is 12.9. The van der Waals surface area contributed by atoms with Gasteiger partial charge >= 0.3 is 11.7 Å². The Balaban J connectivity index is 1.39. The van der Waals surface area contributed by atoms with E-state index in [-0.39, 0.29) is 25.3 Å². The lowest BCUT2D eigenvalue weighted by Gasteiger charge is -2.19. The molecule has 1 amide bonds. The minimum Gasteiger partial charge on any atom is -0.489 e. The van der Waals surface area contributed by atoms with E-state index in [0.717, 1.165) is 28.0 Å². The molecule has 212 valence electrons. The van der Waals surface area contributed by atoms with Crippen molar-refractivity contribution in [2.45, 2.75) is 72.0 Å². The molecule has 2 aromatic carbocycles. The average Bonchev–Trinajstić information content (AvgIpc) is 3.30. The predicted octanol–water partition coefficient (Wildman–Crippen LogP) is 2.87. The second-order valence-corrected chi connectivity index (χ2v) is 9.98. The van der Waals surface area contributed by atoms with Crippen LogP contribution < -0.4 is 21.3 Å². The van der Waals surface area contributed by atoms with Crippen LogP contribution in [-0.4, -0.2) is 40.2 Å². The number of hydrogen-bond acceptors (Lipinski definition) is 7. The molecular formula is C30H35N3O7. The molecule has 10 heteroatoms. The molecule has 1 saturated heterocycles. The lowest BCUT2D eigenvalue weighted by molar-refractivity contribution is -0.149. The number of esters is 1. The molecule has 0 spiro atoms. The Morgan fingerprint density at radius 1 is 1.12 bits per heavy atom. The molecule has 1 fully saturated rings. The van der Waals surface area contributed by atoms with Gasteiger partial charge in [0.25, 0.3) is 5.56 Å². The van der Waals surface area contributed by atoms with E-state index in [1.54, 1.807) is 0 Å². The summed E-state index contributed by atoms with van der Waals surface area (Å²) in [4.78, 5) is 51.3. The number of ether oxygens (including phenoxy) is 3. The minimum atomic E-state index is -0.756. The molecule has 1 aliphatic heterocycles. The standard InChI is InChI=1S/C30H35N3O7/c1-5-22-16-33(30(37)32-29(22)36)28-14-25(39-20(4)34)26(40-28)15-31-27(35)13-24-18(2)11-23(12-19(24)3)38-17-21-9-7-6-8-10-21/h6-12,16,25-26,28H,5,13-15,17H2,1-4H3,(H,31,35)(H,32,36,37)/t25-,26+,28+/m0/s1. The van der Waals surface area contributed by atoms with Crippen molar-refractivity contribution < 1.29 is 23.8 Å². The fourth-order valence-electron chi connectivity index (χ4n) is 4.88. The fraction of sp³-hybridized carbons (Fsp3) is 0.400. The van der Waals surface area contributed by atoms with Crippen molar-refractivity contribution in [2.24, 2.45) is 0 Å². The highest BCUT2D eigenvalue weighted by Crippen LogP contribution is 2.30. The maximum absolute atomic E-state index is 12.9. The summed E-state index contributed by atoms with van der Waals surface area (Å²) in [5, 5.41) is 2.88. The lowest BCUT2D eigenvalue weighted by atomic mass is 9.99. The molecule has 0 unspecified atom stereocenters. The summed E-state index contributed by atoms with van der Waals surface area (Å²) in [6.07, 6.45) is 0.176. The van der Waals surface area contributed by atoms with Crippen LogP contribution in [0.15, 0.2) is 58.3 Å². The molecule has 0 saturated carbocycles. The van der Waals surface area contributed by atoms with Crippen LogP contribution in [0.2, 0.25) is 0 Å². The smallest absolute Gasteiger partial charge is 0.330 e. The summed E-state index contributed by atoms with van der Waals surface area (Å²) < 4.78 is 18.7. The average molecular weight is 550 g/mol. The fourth-order valence-corrected chi connectivity index (χ4v) is 4.88. The van der Waals surface area contributed by atoms with E-state index in [9.17, 15) is 19.2 Å². The van der Waals surface area contributed by atoms with Crippen molar-refractivity contribution in [1.29, 1.82) is 0 Å². The molecule has 3 aromatic rings. The Kier molecular flexibility index (Phi) is 9.21. The summed E-state index contributed by atoms with van der Waals surface area (Å²) in [5.74, 6) is 0.0306. The largest absolute Gasteiger partial charge is 0.489 e. The van der Waals surface area contributed by atoms with Gasteiger partial charge in [0.05, 0.1) is 6.42 Å². The number of nitrogens with zero attached hydrogens (tertiary/aromatic N) is 1. The number of carbonyl (C=O) groups excluding carboxylic acids is 2. The van der Waals surface area contributed by atoms with E-state index in [1.165, 1.54) is 17.7 Å². The first kappa shape index (κ1) is 28.8. The molecule has 1 aliphatic rings. The third-order valence-electron chi connectivity index (χ3n) is 6.99. The zero-order valence-corrected chi connectivity index (χ0v) is 23.2. The minimum absolute atomic E-state index is 0.0857. The molecule has 10 nitrogen and oxygen atoms in total. The summed E-state index contributed by atoms with van der Waals surface area (Å²) in [7, 11) is 0. The van der Waals surface area contributed by atoms with Crippen molar-refractivity contribution in [3.8, 4) is 5.75 Å². The van der Waals surface area contributed by atoms with E-state index < -0.39 is 35.7 Å². The van der Waals surface area contributed by atoms with E-state index in [0.29, 0.717) is 18.6 Å². The van der Waals surface area contributed by atoms with Crippen LogP contribution in [-0.2, 0) is 38.5 Å². The molecule has 1 aromatic heterocycles. The first-order valence-electron chi connectivity index (χ1n) is 13.3. The topological polar surface area (TPSA) is 129 Å². The highest BCUT2D eigenvalue weighted by atomic mass is 16.6. The number of H-pyrrole nitrogens is 1. The van der Waals surface area contributed by atoms with Crippen LogP contribution in [0.5, 0.6) is 5.75 Å². The number of amides is 1. The highest BCUT2D eigenvalue weighted by molar-refractivity contribution is 5.79. The Morgan fingerprint density at radius 2 is 1.82 bits per heavy atom. The number of carbonyl (C=O) groups is 2.